The van der Waals surface area contributed by atoms with Crippen LogP contribution in [0.5, 0.6) is 0 Å². The number of H-pyrrole nitrogens is 1. The van der Waals surface area contributed by atoms with Crippen molar-refractivity contribution in [1.29, 1.82) is 0 Å². The van der Waals surface area contributed by atoms with Gasteiger partial charge in [0.15, 0.2) is 0 Å². The fraction of sp³-hybridized carbons (Fsp3) is 0.0909. The minimum Gasteiger partial charge on any atom is -0.391 e. The van der Waals surface area contributed by atoms with Crippen LogP contribution in [0.25, 0.3) is 11.3 Å². The second-order valence-electron chi connectivity index (χ2n) is 3.39. The van der Waals surface area contributed by atoms with E-state index in [-0.39, 0.29) is 12.2 Å². The summed E-state index contributed by atoms with van der Waals surface area (Å²) in [6, 6.07) is 6.46. The standard InChI is InChI=1S/C11H8Cl2N2O2/c12-7-1-2-8(9(13)4-7)10-3-6(5-16)11(17)15-14-10/h1-4,16H,5H2,(H,15,17). The number of nitrogens with zero attached hydrogens (tertiary/aromatic N) is 1. The first-order valence-corrected chi connectivity index (χ1v) is 5.52. The Hall–Kier alpha value is -1.36. The fourth-order valence-electron chi connectivity index (χ4n) is 1.40. The van der Waals surface area contributed by atoms with E-state index >= 15 is 0 Å². The molecule has 2 aromatic rings. The van der Waals surface area contributed by atoms with Crippen molar-refractivity contribution in [2.75, 3.05) is 0 Å². The summed E-state index contributed by atoms with van der Waals surface area (Å²) in [6.45, 7) is -0.351. The molecule has 0 fully saturated rings. The average molecular weight is 271 g/mol. The van der Waals surface area contributed by atoms with Gasteiger partial charge in [-0.25, -0.2) is 5.10 Å². The summed E-state index contributed by atoms with van der Waals surface area (Å²) in [7, 11) is 0. The molecule has 0 saturated heterocycles. The lowest BCUT2D eigenvalue weighted by atomic mass is 10.1. The minimum absolute atomic E-state index is 0.237. The van der Waals surface area contributed by atoms with Gasteiger partial charge in [0.25, 0.3) is 5.56 Å². The molecule has 0 atom stereocenters. The molecule has 1 aromatic heterocycles. The predicted octanol–water partition coefficient (Wildman–Crippen LogP) is 2.24. The van der Waals surface area contributed by atoms with Gasteiger partial charge in [-0.15, -0.1) is 0 Å². The Labute approximate surface area is 107 Å². The molecular weight excluding hydrogens is 263 g/mol. The zero-order chi connectivity index (χ0) is 12.4. The van der Waals surface area contributed by atoms with Crippen LogP contribution in [0.1, 0.15) is 5.56 Å². The number of aliphatic hydroxyl groups is 1. The first kappa shape index (κ1) is 12.1. The molecule has 1 aromatic carbocycles. The number of rotatable bonds is 2. The number of aliphatic hydroxyl groups excluding tert-OH is 1. The average Bonchev–Trinajstić information content (AvgIpc) is 2.30. The number of hydrogen-bond donors (Lipinski definition) is 2. The van der Waals surface area contributed by atoms with Crippen molar-refractivity contribution in [3.05, 3.63) is 50.2 Å². The van der Waals surface area contributed by atoms with E-state index < -0.39 is 5.56 Å². The first-order chi connectivity index (χ1) is 8.11. The second-order valence-corrected chi connectivity index (χ2v) is 4.23. The zero-order valence-electron chi connectivity index (χ0n) is 8.58. The van der Waals surface area contributed by atoms with E-state index in [4.69, 9.17) is 28.3 Å². The molecule has 2 N–H and O–H groups in total. The monoisotopic (exact) mass is 270 g/mol. The van der Waals surface area contributed by atoms with Gasteiger partial charge in [0.2, 0.25) is 0 Å². The molecule has 2 rings (SSSR count). The summed E-state index contributed by atoms with van der Waals surface area (Å²) in [5.41, 5.74) is 0.944. The maximum Gasteiger partial charge on any atom is 0.269 e. The maximum absolute atomic E-state index is 11.2. The molecule has 0 unspecified atom stereocenters. The molecule has 0 aliphatic rings. The van der Waals surface area contributed by atoms with Crippen molar-refractivity contribution < 1.29 is 5.11 Å². The molecule has 0 amide bonds. The van der Waals surface area contributed by atoms with Crippen LogP contribution in [-0.4, -0.2) is 15.3 Å². The lowest BCUT2D eigenvalue weighted by Gasteiger charge is -2.04. The third kappa shape index (κ3) is 2.49. The summed E-state index contributed by atoms with van der Waals surface area (Å²) in [4.78, 5) is 11.2. The van der Waals surface area contributed by atoms with E-state index in [2.05, 4.69) is 10.2 Å². The highest BCUT2D eigenvalue weighted by Crippen LogP contribution is 2.28. The molecule has 0 spiro atoms. The number of benzene rings is 1. The Balaban J connectivity index is 2.57. The summed E-state index contributed by atoms with van der Waals surface area (Å²) in [5.74, 6) is 0. The van der Waals surface area contributed by atoms with Gasteiger partial charge in [0, 0.05) is 16.1 Å². The number of hydrogen-bond acceptors (Lipinski definition) is 3. The molecule has 6 heteroatoms. The minimum atomic E-state index is -0.415. The summed E-state index contributed by atoms with van der Waals surface area (Å²) < 4.78 is 0. The molecule has 0 saturated carbocycles. The quantitative estimate of drug-likeness (QED) is 0.880. The third-order valence-corrected chi connectivity index (χ3v) is 2.81. The fourth-order valence-corrected chi connectivity index (χ4v) is 1.90. The highest BCUT2D eigenvalue weighted by atomic mass is 35.5. The van der Waals surface area contributed by atoms with Crippen LogP contribution in [0.2, 0.25) is 10.0 Å². The van der Waals surface area contributed by atoms with Crippen molar-refractivity contribution in [3.63, 3.8) is 0 Å². The van der Waals surface area contributed by atoms with Crippen LogP contribution >= 0.6 is 23.2 Å². The van der Waals surface area contributed by atoms with Crippen molar-refractivity contribution in [2.45, 2.75) is 6.61 Å². The molecule has 0 aliphatic heterocycles. The molecule has 4 nitrogen and oxygen atoms in total. The van der Waals surface area contributed by atoms with Gasteiger partial charge in [-0.05, 0) is 24.3 Å². The third-order valence-electron chi connectivity index (χ3n) is 2.26. The van der Waals surface area contributed by atoms with Crippen LogP contribution < -0.4 is 5.56 Å². The zero-order valence-corrected chi connectivity index (χ0v) is 10.1. The number of aromatic amines is 1. The maximum atomic E-state index is 11.2. The van der Waals surface area contributed by atoms with Crippen molar-refractivity contribution in [3.8, 4) is 11.3 Å². The van der Waals surface area contributed by atoms with Crippen LogP contribution in [0, 0.1) is 0 Å². The van der Waals surface area contributed by atoms with Gasteiger partial charge >= 0.3 is 0 Å². The molecular formula is C11H8Cl2N2O2. The van der Waals surface area contributed by atoms with Crippen LogP contribution in [0.15, 0.2) is 29.1 Å². The van der Waals surface area contributed by atoms with E-state index in [0.717, 1.165) is 0 Å². The van der Waals surface area contributed by atoms with Gasteiger partial charge in [-0.2, -0.15) is 5.10 Å². The van der Waals surface area contributed by atoms with Crippen molar-refractivity contribution in [2.24, 2.45) is 0 Å². The number of halogens is 2. The molecule has 17 heavy (non-hydrogen) atoms. The predicted molar refractivity (Wildman–Crippen MR) is 66.2 cm³/mol. The summed E-state index contributed by atoms with van der Waals surface area (Å²) in [5, 5.41) is 16.1. The lowest BCUT2D eigenvalue weighted by Crippen LogP contribution is -2.14. The second kappa shape index (κ2) is 4.87. The van der Waals surface area contributed by atoms with E-state index in [9.17, 15) is 4.79 Å². The van der Waals surface area contributed by atoms with Crippen molar-refractivity contribution in [1.82, 2.24) is 10.2 Å². The topological polar surface area (TPSA) is 66.0 Å². The van der Waals surface area contributed by atoms with Gasteiger partial charge in [-0.3, -0.25) is 4.79 Å². The normalized spacial score (nSPS) is 10.5. The van der Waals surface area contributed by atoms with Crippen LogP contribution in [0.3, 0.4) is 0 Å². The van der Waals surface area contributed by atoms with Crippen LogP contribution in [-0.2, 0) is 6.61 Å². The van der Waals surface area contributed by atoms with Gasteiger partial charge in [0.05, 0.1) is 17.3 Å². The molecule has 0 aliphatic carbocycles. The highest BCUT2D eigenvalue weighted by Gasteiger charge is 2.08. The Morgan fingerprint density at radius 3 is 2.71 bits per heavy atom. The molecule has 88 valence electrons. The molecule has 0 radical (unpaired) electrons. The van der Waals surface area contributed by atoms with E-state index in [0.29, 0.717) is 21.3 Å². The van der Waals surface area contributed by atoms with E-state index in [1.165, 1.54) is 6.07 Å². The SMILES string of the molecule is O=c1[nH]nc(-c2ccc(Cl)cc2Cl)cc1CO. The number of aromatic nitrogens is 2. The lowest BCUT2D eigenvalue weighted by molar-refractivity contribution is 0.280. The molecule has 1 heterocycles. The Kier molecular flexibility index (Phi) is 3.47. The van der Waals surface area contributed by atoms with E-state index in [1.54, 1.807) is 18.2 Å². The summed E-state index contributed by atoms with van der Waals surface area (Å²) in [6.07, 6.45) is 0. The Bertz CT molecular complexity index is 611. The van der Waals surface area contributed by atoms with Gasteiger partial charge < -0.3 is 5.11 Å². The highest BCUT2D eigenvalue weighted by molar-refractivity contribution is 6.36. The first-order valence-electron chi connectivity index (χ1n) is 4.76. The smallest absolute Gasteiger partial charge is 0.269 e. The van der Waals surface area contributed by atoms with Gasteiger partial charge in [-0.1, -0.05) is 23.2 Å². The number of nitrogens with one attached hydrogen (secondary N) is 1. The Morgan fingerprint density at radius 2 is 2.06 bits per heavy atom. The van der Waals surface area contributed by atoms with Gasteiger partial charge in [0.1, 0.15) is 0 Å². The largest absolute Gasteiger partial charge is 0.391 e. The van der Waals surface area contributed by atoms with Crippen LogP contribution in [0.4, 0.5) is 0 Å². The summed E-state index contributed by atoms with van der Waals surface area (Å²) >= 11 is 11.8. The molecule has 0 bridgehead atoms. The Morgan fingerprint density at radius 1 is 1.29 bits per heavy atom. The van der Waals surface area contributed by atoms with Crippen molar-refractivity contribution >= 4 is 23.2 Å². The van der Waals surface area contributed by atoms with E-state index in [1.807, 2.05) is 0 Å².